The molecule has 0 aliphatic heterocycles. The van der Waals surface area contributed by atoms with Crippen molar-refractivity contribution in [3.8, 4) is 0 Å². The number of hydrogen-bond donors (Lipinski definition) is 2. The lowest BCUT2D eigenvalue weighted by Gasteiger charge is -2.07. The Hall–Kier alpha value is -2.04. The number of benzene rings is 1. The maximum atomic E-state index is 8.59. The number of imidazole rings is 1. The number of rotatable bonds is 5. The zero-order chi connectivity index (χ0) is 13.0. The van der Waals surface area contributed by atoms with Crippen LogP contribution in [0.15, 0.2) is 29.4 Å². The van der Waals surface area contributed by atoms with Gasteiger partial charge in [-0.05, 0) is 18.6 Å². The van der Waals surface area contributed by atoms with Crippen LogP contribution in [0, 0.1) is 0 Å². The van der Waals surface area contributed by atoms with Gasteiger partial charge in [0.05, 0.1) is 11.0 Å². The van der Waals surface area contributed by atoms with Crippen LogP contribution in [-0.2, 0) is 13.0 Å². The number of fused-ring (bicyclic) bond motifs is 1. The fourth-order valence-corrected chi connectivity index (χ4v) is 2.07. The Morgan fingerprint density at radius 1 is 1.44 bits per heavy atom. The van der Waals surface area contributed by atoms with Crippen LogP contribution in [0.3, 0.4) is 0 Å². The van der Waals surface area contributed by atoms with Crippen molar-refractivity contribution in [2.24, 2.45) is 10.9 Å². The molecule has 1 aromatic heterocycles. The number of hydrogen-bond acceptors (Lipinski definition) is 3. The first-order valence-electron chi connectivity index (χ1n) is 6.16. The van der Waals surface area contributed by atoms with Gasteiger partial charge in [0.25, 0.3) is 0 Å². The molecule has 0 radical (unpaired) electrons. The third-order valence-corrected chi connectivity index (χ3v) is 2.93. The number of nitrogens with zero attached hydrogens (tertiary/aromatic N) is 3. The number of nitrogens with two attached hydrogens (primary N) is 1. The lowest BCUT2D eigenvalue weighted by atomic mass is 10.3. The summed E-state index contributed by atoms with van der Waals surface area (Å²) in [6.45, 7) is 2.82. The van der Waals surface area contributed by atoms with Crippen LogP contribution in [0.2, 0.25) is 0 Å². The van der Waals surface area contributed by atoms with Crippen molar-refractivity contribution in [2.45, 2.75) is 32.7 Å². The monoisotopic (exact) mass is 246 g/mol. The highest BCUT2D eigenvalue weighted by Crippen LogP contribution is 2.17. The molecular weight excluding hydrogens is 228 g/mol. The van der Waals surface area contributed by atoms with E-state index in [4.69, 9.17) is 10.9 Å². The highest BCUT2D eigenvalue weighted by Gasteiger charge is 2.09. The molecule has 0 unspecified atom stereocenters. The smallest absolute Gasteiger partial charge is 0.140 e. The minimum absolute atomic E-state index is 0.246. The molecule has 3 N–H and O–H groups in total. The molecule has 5 heteroatoms. The summed E-state index contributed by atoms with van der Waals surface area (Å²) in [7, 11) is 0. The summed E-state index contributed by atoms with van der Waals surface area (Å²) in [4.78, 5) is 4.63. The van der Waals surface area contributed by atoms with Crippen LogP contribution >= 0.6 is 0 Å². The second-order valence-corrected chi connectivity index (χ2v) is 4.26. The minimum atomic E-state index is 0.246. The Kier molecular flexibility index (Phi) is 3.82. The molecule has 1 aromatic carbocycles. The van der Waals surface area contributed by atoms with Crippen LogP contribution in [0.25, 0.3) is 11.0 Å². The zero-order valence-corrected chi connectivity index (χ0v) is 10.5. The van der Waals surface area contributed by atoms with E-state index in [0.29, 0.717) is 13.0 Å². The van der Waals surface area contributed by atoms with Crippen molar-refractivity contribution in [3.05, 3.63) is 30.1 Å². The topological polar surface area (TPSA) is 76.4 Å². The number of amidine groups is 1. The minimum Gasteiger partial charge on any atom is -0.409 e. The highest BCUT2D eigenvalue weighted by molar-refractivity contribution is 5.80. The third kappa shape index (κ3) is 2.45. The molecule has 0 bridgehead atoms. The number of aromatic nitrogens is 2. The van der Waals surface area contributed by atoms with Gasteiger partial charge in [0.1, 0.15) is 11.7 Å². The predicted molar refractivity (Wildman–Crippen MR) is 71.8 cm³/mol. The van der Waals surface area contributed by atoms with Crippen molar-refractivity contribution < 1.29 is 5.21 Å². The van der Waals surface area contributed by atoms with E-state index in [9.17, 15) is 0 Å². The van der Waals surface area contributed by atoms with E-state index in [-0.39, 0.29) is 5.84 Å². The highest BCUT2D eigenvalue weighted by atomic mass is 16.4. The molecule has 96 valence electrons. The van der Waals surface area contributed by atoms with Gasteiger partial charge in [0, 0.05) is 19.4 Å². The third-order valence-electron chi connectivity index (χ3n) is 2.93. The molecule has 0 saturated carbocycles. The normalized spacial score (nSPS) is 12.2. The Morgan fingerprint density at radius 3 is 2.94 bits per heavy atom. The van der Waals surface area contributed by atoms with Crippen LogP contribution in [0.1, 0.15) is 25.6 Å². The van der Waals surface area contributed by atoms with Crippen LogP contribution in [-0.4, -0.2) is 20.6 Å². The molecule has 0 aliphatic rings. The van der Waals surface area contributed by atoms with Crippen molar-refractivity contribution in [2.75, 3.05) is 0 Å². The molecule has 0 saturated heterocycles. The summed E-state index contributed by atoms with van der Waals surface area (Å²) in [6, 6.07) is 8.04. The Morgan fingerprint density at radius 2 is 2.22 bits per heavy atom. The van der Waals surface area contributed by atoms with Gasteiger partial charge in [-0.15, -0.1) is 0 Å². The largest absolute Gasteiger partial charge is 0.409 e. The number of para-hydroxylation sites is 2. The summed E-state index contributed by atoms with van der Waals surface area (Å²) in [5.41, 5.74) is 7.63. The maximum absolute atomic E-state index is 8.59. The first-order valence-corrected chi connectivity index (χ1v) is 6.16. The molecule has 0 atom stereocenters. The van der Waals surface area contributed by atoms with Gasteiger partial charge in [-0.25, -0.2) is 4.98 Å². The molecule has 2 aromatic rings. The average molecular weight is 246 g/mol. The van der Waals surface area contributed by atoms with Crippen molar-refractivity contribution in [1.82, 2.24) is 9.55 Å². The molecule has 18 heavy (non-hydrogen) atoms. The number of aryl methyl sites for hydroxylation is 2. The van der Waals surface area contributed by atoms with E-state index in [1.807, 2.05) is 24.3 Å². The van der Waals surface area contributed by atoms with Gasteiger partial charge in [-0.3, -0.25) is 0 Å². The summed E-state index contributed by atoms with van der Waals surface area (Å²) in [6.07, 6.45) is 2.51. The molecule has 1 heterocycles. The second kappa shape index (κ2) is 5.53. The predicted octanol–water partition coefficient (Wildman–Crippen LogP) is 2.13. The van der Waals surface area contributed by atoms with E-state index in [1.54, 1.807) is 0 Å². The van der Waals surface area contributed by atoms with E-state index in [2.05, 4.69) is 21.6 Å². The molecule has 2 rings (SSSR count). The van der Waals surface area contributed by atoms with E-state index in [1.165, 1.54) is 0 Å². The van der Waals surface area contributed by atoms with E-state index < -0.39 is 0 Å². The SMILES string of the molecule is CCCc1nc2ccccc2n1CC/C(N)=N/O. The summed E-state index contributed by atoms with van der Waals surface area (Å²) >= 11 is 0. The second-order valence-electron chi connectivity index (χ2n) is 4.26. The van der Waals surface area contributed by atoms with Gasteiger partial charge in [0.2, 0.25) is 0 Å². The van der Waals surface area contributed by atoms with Gasteiger partial charge >= 0.3 is 0 Å². The summed E-state index contributed by atoms with van der Waals surface area (Å²) in [5.74, 6) is 1.31. The van der Waals surface area contributed by atoms with Crippen molar-refractivity contribution in [3.63, 3.8) is 0 Å². The van der Waals surface area contributed by atoms with Crippen LogP contribution in [0.4, 0.5) is 0 Å². The summed E-state index contributed by atoms with van der Waals surface area (Å²) in [5, 5.41) is 11.6. The molecule has 0 aliphatic carbocycles. The van der Waals surface area contributed by atoms with Gasteiger partial charge in [0.15, 0.2) is 0 Å². The fourth-order valence-electron chi connectivity index (χ4n) is 2.07. The molecular formula is C13H18N4O. The summed E-state index contributed by atoms with van der Waals surface area (Å²) < 4.78 is 2.15. The van der Waals surface area contributed by atoms with Gasteiger partial charge < -0.3 is 15.5 Å². The van der Waals surface area contributed by atoms with Crippen LogP contribution < -0.4 is 5.73 Å². The van der Waals surface area contributed by atoms with Crippen LogP contribution in [0.5, 0.6) is 0 Å². The Balaban J connectivity index is 2.35. The molecule has 0 amide bonds. The Labute approximate surface area is 106 Å². The lowest BCUT2D eigenvalue weighted by Crippen LogP contribution is -2.15. The van der Waals surface area contributed by atoms with E-state index in [0.717, 1.165) is 29.7 Å². The van der Waals surface area contributed by atoms with Crippen molar-refractivity contribution in [1.29, 1.82) is 0 Å². The van der Waals surface area contributed by atoms with Gasteiger partial charge in [-0.1, -0.05) is 24.2 Å². The van der Waals surface area contributed by atoms with E-state index >= 15 is 0 Å². The fraction of sp³-hybridized carbons (Fsp3) is 0.385. The molecule has 5 nitrogen and oxygen atoms in total. The lowest BCUT2D eigenvalue weighted by molar-refractivity contribution is 0.316. The molecule has 0 fully saturated rings. The quantitative estimate of drug-likeness (QED) is 0.367. The Bertz CT molecular complexity index is 559. The average Bonchev–Trinajstić information content (AvgIpc) is 2.74. The molecule has 0 spiro atoms. The maximum Gasteiger partial charge on any atom is 0.140 e. The first kappa shape index (κ1) is 12.4. The van der Waals surface area contributed by atoms with Gasteiger partial charge in [-0.2, -0.15) is 0 Å². The van der Waals surface area contributed by atoms with Crippen molar-refractivity contribution >= 4 is 16.9 Å². The zero-order valence-electron chi connectivity index (χ0n) is 10.5. The first-order chi connectivity index (χ1) is 8.76. The standard InChI is InChI=1S/C13H18N4O/c1-2-5-13-15-10-6-3-4-7-11(10)17(13)9-8-12(14)16-18/h3-4,6-7,18H,2,5,8-9H2,1H3,(H2,14,16). The number of oxime groups is 1.